The third-order valence-corrected chi connectivity index (χ3v) is 6.47. The minimum absolute atomic E-state index is 0.00479. The van der Waals surface area contributed by atoms with Gasteiger partial charge in [0.05, 0.1) is 0 Å². The largest absolute Gasteiger partial charge is 0.521 e. The maximum Gasteiger partial charge on any atom is 0.521 e. The molecule has 0 aliphatic heterocycles. The average molecular weight is 505 g/mol. The zero-order valence-corrected chi connectivity index (χ0v) is 19.1. The highest BCUT2D eigenvalue weighted by molar-refractivity contribution is 7.51. The van der Waals surface area contributed by atoms with E-state index in [-0.39, 0.29) is 45.0 Å². The molecular weight excluding hydrogens is 481 g/mol. The van der Waals surface area contributed by atoms with E-state index >= 15 is 0 Å². The number of hydrogen-bond acceptors (Lipinski definition) is 8. The Kier molecular flexibility index (Phi) is 14.4. The van der Waals surface area contributed by atoms with Crippen LogP contribution in [0.15, 0.2) is 0 Å². The normalized spacial score (nSPS) is 14.6. The van der Waals surface area contributed by atoms with Crippen molar-refractivity contribution in [1.29, 1.82) is 0 Å². The van der Waals surface area contributed by atoms with E-state index in [1.807, 2.05) is 0 Å². The van der Waals surface area contributed by atoms with Gasteiger partial charge in [0.15, 0.2) is 0 Å². The van der Waals surface area contributed by atoms with Crippen LogP contribution in [0.25, 0.3) is 0 Å². The molecule has 0 radical (unpaired) electrons. The van der Waals surface area contributed by atoms with E-state index in [1.54, 1.807) is 0 Å². The Labute approximate surface area is 164 Å². The number of hydrogen-bond donors (Lipinski definition) is 6. The molecule has 28 heavy (non-hydrogen) atoms. The number of rotatable bonds is 16. The molecular formula is C9H24N3O11P5+4. The smallest absolute Gasteiger partial charge is 0.324 e. The van der Waals surface area contributed by atoms with Gasteiger partial charge in [-0.2, -0.15) is 19.6 Å². The highest BCUT2D eigenvalue weighted by Crippen LogP contribution is 2.36. The molecule has 162 valence electrons. The van der Waals surface area contributed by atoms with E-state index < -0.39 is 52.3 Å². The van der Waals surface area contributed by atoms with Gasteiger partial charge in [-0.15, -0.1) is 0 Å². The fourth-order valence-electron chi connectivity index (χ4n) is 2.14. The van der Waals surface area contributed by atoms with Crippen molar-refractivity contribution in [3.05, 3.63) is 0 Å². The second-order valence-electron chi connectivity index (χ2n) is 5.69. The fraction of sp³-hybridized carbons (Fsp3) is 1.00. The highest BCUT2D eigenvalue weighted by atomic mass is 31.2. The van der Waals surface area contributed by atoms with Crippen LogP contribution in [0, 0.1) is 0 Å². The Balaban J connectivity index is 4.95. The Morgan fingerprint density at radius 2 is 0.857 bits per heavy atom. The minimum Gasteiger partial charge on any atom is -0.324 e. The lowest BCUT2D eigenvalue weighted by molar-refractivity contribution is 0.216. The SMILES string of the molecule is O=[P+](O)CN(CCN(C[P+](=O)O)C[P+](=O)O)CCN(C[P+](=O)O)CP(=O)(O)O. The van der Waals surface area contributed by atoms with Crippen molar-refractivity contribution < 1.29 is 52.2 Å². The molecule has 0 fully saturated rings. The highest BCUT2D eigenvalue weighted by Gasteiger charge is 2.29. The third kappa shape index (κ3) is 17.2. The second-order valence-corrected chi connectivity index (χ2v) is 11.2. The van der Waals surface area contributed by atoms with Crippen molar-refractivity contribution in [2.45, 2.75) is 0 Å². The summed E-state index contributed by atoms with van der Waals surface area (Å²) in [7, 11) is -15.0. The summed E-state index contributed by atoms with van der Waals surface area (Å²) in [5, 5.41) is 0. The molecule has 19 heteroatoms. The number of nitrogens with zero attached hydrogens (tertiary/aromatic N) is 3. The minimum atomic E-state index is -4.50. The fourth-order valence-corrected chi connectivity index (χ4v) is 5.59. The van der Waals surface area contributed by atoms with E-state index in [1.165, 1.54) is 9.80 Å². The maximum atomic E-state index is 11.2. The van der Waals surface area contributed by atoms with Crippen LogP contribution in [0.1, 0.15) is 0 Å². The summed E-state index contributed by atoms with van der Waals surface area (Å²) >= 11 is 0. The quantitative estimate of drug-likeness (QED) is 0.150. The lowest BCUT2D eigenvalue weighted by Gasteiger charge is -2.23. The summed E-state index contributed by atoms with van der Waals surface area (Å²) in [6.07, 6.45) is -2.33. The Bertz CT molecular complexity index is 601. The predicted molar refractivity (Wildman–Crippen MR) is 101 cm³/mol. The van der Waals surface area contributed by atoms with Gasteiger partial charge in [-0.05, 0) is 18.3 Å². The second kappa shape index (κ2) is 14.3. The van der Waals surface area contributed by atoms with Gasteiger partial charge in [0, 0.05) is 26.2 Å². The molecule has 4 atom stereocenters. The van der Waals surface area contributed by atoms with Gasteiger partial charge < -0.3 is 9.79 Å². The van der Waals surface area contributed by atoms with E-state index in [9.17, 15) is 22.8 Å². The molecule has 0 saturated carbocycles. The van der Waals surface area contributed by atoms with Crippen LogP contribution < -0.4 is 0 Å². The van der Waals surface area contributed by atoms with Gasteiger partial charge in [0.25, 0.3) is 0 Å². The molecule has 0 aromatic heterocycles. The molecule has 0 aromatic rings. The molecule has 0 aliphatic rings. The molecule has 0 saturated heterocycles. The van der Waals surface area contributed by atoms with Gasteiger partial charge in [-0.1, -0.05) is 0 Å². The summed E-state index contributed by atoms with van der Waals surface area (Å²) in [5.41, 5.74) is 0. The Morgan fingerprint density at radius 3 is 1.21 bits per heavy atom. The molecule has 0 aliphatic carbocycles. The Hall–Kier alpha value is 0.270. The van der Waals surface area contributed by atoms with Crippen molar-refractivity contribution in [2.24, 2.45) is 0 Å². The van der Waals surface area contributed by atoms with E-state index in [2.05, 4.69) is 0 Å². The van der Waals surface area contributed by atoms with E-state index in [0.29, 0.717) is 0 Å². The molecule has 0 aromatic carbocycles. The van der Waals surface area contributed by atoms with Crippen LogP contribution in [-0.2, 0) is 22.8 Å². The summed E-state index contributed by atoms with van der Waals surface area (Å²) < 4.78 is 55.2. The lowest BCUT2D eigenvalue weighted by Crippen LogP contribution is -2.39. The predicted octanol–water partition coefficient (Wildman–Crippen LogP) is -0.204. The first-order valence-corrected chi connectivity index (χ1v) is 14.9. The van der Waals surface area contributed by atoms with E-state index in [0.717, 1.165) is 4.90 Å². The molecule has 0 heterocycles. The molecule has 14 nitrogen and oxygen atoms in total. The van der Waals surface area contributed by atoms with Crippen LogP contribution in [-0.4, -0.2) is 102 Å². The zero-order chi connectivity index (χ0) is 21.9. The molecule has 0 amide bonds. The van der Waals surface area contributed by atoms with Crippen LogP contribution in [0.4, 0.5) is 0 Å². The standard InChI is InChI=1S/C9H20N3O11P5/c13-24(14)5-10(1-3-11(6-25(15)16)7-26(17)18)2-4-12(8-27(19)20)9-28(21,22)23/h1-9H2,(H2-4,13,14,15,16,17,18,19,20,21,22,23)/p+4. The van der Waals surface area contributed by atoms with Crippen LogP contribution in [0.2, 0.25) is 0 Å². The summed E-state index contributed by atoms with van der Waals surface area (Å²) in [6, 6.07) is 0. The summed E-state index contributed by atoms with van der Waals surface area (Å²) in [5.74, 6) is 0. The monoisotopic (exact) mass is 505 g/mol. The first-order chi connectivity index (χ1) is 12.8. The topological polar surface area (TPSA) is 216 Å². The van der Waals surface area contributed by atoms with Crippen molar-refractivity contribution >= 4 is 39.7 Å². The van der Waals surface area contributed by atoms with Gasteiger partial charge >= 0.3 is 39.7 Å². The van der Waals surface area contributed by atoms with Crippen molar-refractivity contribution in [3.63, 3.8) is 0 Å². The van der Waals surface area contributed by atoms with Gasteiger partial charge in [-0.25, -0.2) is 9.80 Å². The molecule has 4 unspecified atom stereocenters. The average Bonchev–Trinajstić information content (AvgIpc) is 2.45. The van der Waals surface area contributed by atoms with Crippen LogP contribution in [0.5, 0.6) is 0 Å². The van der Waals surface area contributed by atoms with Crippen molar-refractivity contribution in [3.8, 4) is 0 Å². The molecule has 0 spiro atoms. The first kappa shape index (κ1) is 28.3. The molecule has 6 N–H and O–H groups in total. The van der Waals surface area contributed by atoms with Crippen LogP contribution >= 0.6 is 39.7 Å². The molecule has 0 rings (SSSR count). The van der Waals surface area contributed by atoms with Crippen molar-refractivity contribution in [2.75, 3.05) is 57.6 Å². The van der Waals surface area contributed by atoms with Gasteiger partial charge in [-0.3, -0.25) is 9.46 Å². The van der Waals surface area contributed by atoms with Gasteiger partial charge in [0.2, 0.25) is 25.1 Å². The van der Waals surface area contributed by atoms with Gasteiger partial charge in [0.1, 0.15) is 6.29 Å². The van der Waals surface area contributed by atoms with E-state index in [4.69, 9.17) is 29.4 Å². The maximum absolute atomic E-state index is 11.2. The van der Waals surface area contributed by atoms with Crippen molar-refractivity contribution in [1.82, 2.24) is 14.7 Å². The summed E-state index contributed by atoms with van der Waals surface area (Å²) in [4.78, 5) is 57.8. The third-order valence-electron chi connectivity index (χ3n) is 3.13. The first-order valence-electron chi connectivity index (χ1n) is 7.54. The van der Waals surface area contributed by atoms with Crippen LogP contribution in [0.3, 0.4) is 0 Å². The summed E-state index contributed by atoms with van der Waals surface area (Å²) in [6.45, 7) is -0.0458. The lowest BCUT2D eigenvalue weighted by atomic mass is 10.4. The molecule has 0 bridgehead atoms. The zero-order valence-electron chi connectivity index (χ0n) is 14.7. The Morgan fingerprint density at radius 1 is 0.571 bits per heavy atom.